The van der Waals surface area contributed by atoms with Crippen molar-refractivity contribution in [3.8, 4) is 11.3 Å². The Morgan fingerprint density at radius 2 is 2.00 bits per heavy atom. The molecule has 0 saturated carbocycles. The van der Waals surface area contributed by atoms with Crippen LogP contribution in [0.1, 0.15) is 23.2 Å². The van der Waals surface area contributed by atoms with Gasteiger partial charge in [0.25, 0.3) is 0 Å². The van der Waals surface area contributed by atoms with Crippen molar-refractivity contribution in [1.29, 1.82) is 0 Å². The highest BCUT2D eigenvalue weighted by atomic mass is 32.1. The smallest absolute Gasteiger partial charge is 0.197 e. The summed E-state index contributed by atoms with van der Waals surface area (Å²) in [6.45, 7) is 2.01. The van der Waals surface area contributed by atoms with Crippen LogP contribution >= 0.6 is 12.2 Å². The van der Waals surface area contributed by atoms with Gasteiger partial charge in [0.05, 0.1) is 5.69 Å². The first kappa shape index (κ1) is 10.7. The van der Waals surface area contributed by atoms with E-state index in [9.17, 15) is 0 Å². The number of nitrogens with zero attached hydrogens (tertiary/aromatic N) is 1. The van der Waals surface area contributed by atoms with Crippen LogP contribution in [0.5, 0.6) is 0 Å². The Morgan fingerprint density at radius 3 is 2.82 bits per heavy atom. The third kappa shape index (κ3) is 2.03. The second-order valence-electron chi connectivity index (χ2n) is 4.59. The van der Waals surface area contributed by atoms with E-state index in [1.807, 2.05) is 13.0 Å². The number of H-pyrrole nitrogens is 1. The van der Waals surface area contributed by atoms with Crippen molar-refractivity contribution in [2.45, 2.75) is 26.2 Å². The van der Waals surface area contributed by atoms with E-state index < -0.39 is 0 Å². The lowest BCUT2D eigenvalue weighted by atomic mass is 10.0. The average Bonchev–Trinajstić information content (AvgIpc) is 2.74. The lowest BCUT2D eigenvalue weighted by Gasteiger charge is -2.05. The predicted molar refractivity (Wildman–Crippen MR) is 71.6 cm³/mol. The Balaban J connectivity index is 2.12. The summed E-state index contributed by atoms with van der Waals surface area (Å²) < 4.78 is 0.556. The van der Waals surface area contributed by atoms with Crippen molar-refractivity contribution in [2.75, 3.05) is 0 Å². The molecule has 0 fully saturated rings. The van der Waals surface area contributed by atoms with Gasteiger partial charge in [-0.15, -0.1) is 0 Å². The van der Waals surface area contributed by atoms with Crippen LogP contribution in [0.15, 0.2) is 24.3 Å². The highest BCUT2D eigenvalue weighted by Gasteiger charge is 2.11. The molecule has 0 spiro atoms. The number of aromatic nitrogens is 2. The fraction of sp³-hybridized carbons (Fsp3) is 0.286. The summed E-state index contributed by atoms with van der Waals surface area (Å²) in [6.07, 6.45) is 3.69. The average molecular weight is 242 g/mol. The summed E-state index contributed by atoms with van der Waals surface area (Å²) in [5.41, 5.74) is 6.17. The molecule has 2 nitrogen and oxygen atoms in total. The van der Waals surface area contributed by atoms with Crippen LogP contribution in [0.2, 0.25) is 0 Å². The van der Waals surface area contributed by atoms with E-state index in [4.69, 9.17) is 12.2 Å². The molecule has 3 heteroatoms. The van der Waals surface area contributed by atoms with Crippen LogP contribution < -0.4 is 0 Å². The lowest BCUT2D eigenvalue weighted by Crippen LogP contribution is -1.91. The Kier molecular flexibility index (Phi) is 2.56. The highest BCUT2D eigenvalue weighted by molar-refractivity contribution is 7.71. The highest BCUT2D eigenvalue weighted by Crippen LogP contribution is 2.27. The molecule has 1 aromatic carbocycles. The minimum Gasteiger partial charge on any atom is -0.335 e. The maximum absolute atomic E-state index is 5.12. The lowest BCUT2D eigenvalue weighted by molar-refractivity contribution is 0.912. The third-order valence-corrected chi connectivity index (χ3v) is 3.47. The number of aryl methyl sites for hydroxylation is 3. The largest absolute Gasteiger partial charge is 0.335 e. The van der Waals surface area contributed by atoms with Crippen LogP contribution in [0, 0.1) is 11.7 Å². The first-order valence-corrected chi connectivity index (χ1v) is 6.33. The Labute approximate surface area is 106 Å². The molecule has 2 aromatic rings. The molecule has 0 saturated heterocycles. The summed E-state index contributed by atoms with van der Waals surface area (Å²) in [4.78, 5) is 7.43. The van der Waals surface area contributed by atoms with Crippen LogP contribution in [-0.4, -0.2) is 9.97 Å². The minimum absolute atomic E-state index is 0.556. The Morgan fingerprint density at radius 1 is 1.18 bits per heavy atom. The van der Waals surface area contributed by atoms with Crippen LogP contribution in [0.3, 0.4) is 0 Å². The molecule has 17 heavy (non-hydrogen) atoms. The number of fused-ring (bicyclic) bond motifs is 1. The molecular weight excluding hydrogens is 228 g/mol. The van der Waals surface area contributed by atoms with Crippen molar-refractivity contribution in [2.24, 2.45) is 0 Å². The number of hydrogen-bond donors (Lipinski definition) is 1. The molecule has 0 bridgehead atoms. The molecule has 0 aliphatic heterocycles. The van der Waals surface area contributed by atoms with E-state index in [0.717, 1.165) is 11.4 Å². The van der Waals surface area contributed by atoms with Gasteiger partial charge in [0.2, 0.25) is 0 Å². The summed E-state index contributed by atoms with van der Waals surface area (Å²) in [5.74, 6) is 0. The van der Waals surface area contributed by atoms with Crippen molar-refractivity contribution in [3.05, 3.63) is 45.9 Å². The Hall–Kier alpha value is -1.48. The van der Waals surface area contributed by atoms with E-state index in [2.05, 4.69) is 28.2 Å². The summed E-state index contributed by atoms with van der Waals surface area (Å²) in [5, 5.41) is 0. The first-order chi connectivity index (χ1) is 8.22. The SMILES string of the molecule is Cc1cc(-c2ccc3c(c2)CCC3)nc(=S)[nH]1. The molecule has 3 rings (SSSR count). The summed E-state index contributed by atoms with van der Waals surface area (Å²) >= 11 is 5.12. The molecule has 0 radical (unpaired) electrons. The topological polar surface area (TPSA) is 28.7 Å². The molecule has 1 aromatic heterocycles. The molecule has 86 valence electrons. The van der Waals surface area contributed by atoms with Gasteiger partial charge in [-0.1, -0.05) is 12.1 Å². The van der Waals surface area contributed by atoms with Gasteiger partial charge in [0.15, 0.2) is 4.77 Å². The van der Waals surface area contributed by atoms with Crippen LogP contribution in [0.4, 0.5) is 0 Å². The van der Waals surface area contributed by atoms with Gasteiger partial charge in [-0.2, -0.15) is 0 Å². The quantitative estimate of drug-likeness (QED) is 0.774. The predicted octanol–water partition coefficient (Wildman–Crippen LogP) is 3.60. The normalized spacial score (nSPS) is 13.7. The van der Waals surface area contributed by atoms with Gasteiger partial charge >= 0.3 is 0 Å². The zero-order valence-corrected chi connectivity index (χ0v) is 10.6. The minimum atomic E-state index is 0.556. The van der Waals surface area contributed by atoms with Gasteiger partial charge in [0, 0.05) is 11.3 Å². The number of hydrogen-bond acceptors (Lipinski definition) is 2. The van der Waals surface area contributed by atoms with Crippen molar-refractivity contribution >= 4 is 12.2 Å². The fourth-order valence-corrected chi connectivity index (χ4v) is 2.72. The van der Waals surface area contributed by atoms with Crippen molar-refractivity contribution in [1.82, 2.24) is 9.97 Å². The zero-order valence-electron chi connectivity index (χ0n) is 9.79. The second-order valence-corrected chi connectivity index (χ2v) is 4.98. The fourth-order valence-electron chi connectivity index (χ4n) is 2.46. The van der Waals surface area contributed by atoms with Gasteiger partial charge in [-0.05, 0) is 61.7 Å². The van der Waals surface area contributed by atoms with Crippen molar-refractivity contribution < 1.29 is 0 Å². The molecule has 1 aliphatic rings. The Bertz CT molecular complexity index is 628. The van der Waals surface area contributed by atoms with E-state index >= 15 is 0 Å². The van der Waals surface area contributed by atoms with E-state index in [1.54, 1.807) is 0 Å². The second kappa shape index (κ2) is 4.08. The zero-order chi connectivity index (χ0) is 11.8. The number of rotatable bonds is 1. The van der Waals surface area contributed by atoms with Crippen molar-refractivity contribution in [3.63, 3.8) is 0 Å². The molecule has 0 unspecified atom stereocenters. The van der Waals surface area contributed by atoms with Crippen LogP contribution in [0.25, 0.3) is 11.3 Å². The van der Waals surface area contributed by atoms with E-state index in [-0.39, 0.29) is 0 Å². The number of nitrogens with one attached hydrogen (secondary N) is 1. The van der Waals surface area contributed by atoms with Gasteiger partial charge in [0.1, 0.15) is 0 Å². The molecular formula is C14H14N2S. The number of aromatic amines is 1. The maximum atomic E-state index is 5.12. The standard InChI is InChI=1S/C14H14N2S/c1-9-7-13(16-14(17)15-9)12-6-5-10-3-2-4-11(10)8-12/h5-8H,2-4H2,1H3,(H,15,16,17). The van der Waals surface area contributed by atoms with Gasteiger partial charge < -0.3 is 4.98 Å². The van der Waals surface area contributed by atoms with E-state index in [1.165, 1.54) is 36.0 Å². The molecule has 0 atom stereocenters. The molecule has 1 heterocycles. The third-order valence-electron chi connectivity index (χ3n) is 3.27. The number of benzene rings is 1. The maximum Gasteiger partial charge on any atom is 0.197 e. The van der Waals surface area contributed by atoms with Gasteiger partial charge in [-0.25, -0.2) is 4.98 Å². The summed E-state index contributed by atoms with van der Waals surface area (Å²) in [7, 11) is 0. The molecule has 0 amide bonds. The first-order valence-electron chi connectivity index (χ1n) is 5.92. The molecule has 1 aliphatic carbocycles. The van der Waals surface area contributed by atoms with Gasteiger partial charge in [-0.3, -0.25) is 0 Å². The summed E-state index contributed by atoms with van der Waals surface area (Å²) in [6, 6.07) is 8.69. The molecule has 1 N–H and O–H groups in total. The van der Waals surface area contributed by atoms with E-state index in [0.29, 0.717) is 4.77 Å². The monoisotopic (exact) mass is 242 g/mol. The van der Waals surface area contributed by atoms with Crippen LogP contribution in [-0.2, 0) is 12.8 Å².